The summed E-state index contributed by atoms with van der Waals surface area (Å²) < 4.78 is 5.26. The highest BCUT2D eigenvalue weighted by molar-refractivity contribution is 6.29. The predicted molar refractivity (Wildman–Crippen MR) is 67.6 cm³/mol. The zero-order valence-electron chi connectivity index (χ0n) is 10.1. The Bertz CT molecular complexity index is 441. The van der Waals surface area contributed by atoms with Crippen molar-refractivity contribution in [1.29, 1.82) is 0 Å². The summed E-state index contributed by atoms with van der Waals surface area (Å²) in [7, 11) is 0. The number of amides is 1. The average molecular weight is 271 g/mol. The number of nitrogens with zero attached hydrogens (tertiary/aromatic N) is 3. The number of hydrogen-bond acceptors (Lipinski definition) is 5. The van der Waals surface area contributed by atoms with Gasteiger partial charge in [0.1, 0.15) is 17.6 Å². The number of ether oxygens (including phenoxy) is 1. The third kappa shape index (κ3) is 3.30. The van der Waals surface area contributed by atoms with E-state index in [1.807, 2.05) is 11.8 Å². The molecule has 1 aliphatic heterocycles. The number of carbonyl (C=O) groups is 1. The molecule has 1 N–H and O–H groups in total. The van der Waals surface area contributed by atoms with Crippen molar-refractivity contribution in [2.75, 3.05) is 31.1 Å². The van der Waals surface area contributed by atoms with Gasteiger partial charge in [0.2, 0.25) is 5.91 Å². The van der Waals surface area contributed by atoms with Crippen LogP contribution in [0.5, 0.6) is 0 Å². The van der Waals surface area contributed by atoms with Gasteiger partial charge in [-0.1, -0.05) is 11.6 Å². The molecule has 1 saturated heterocycles. The first-order valence-corrected chi connectivity index (χ1v) is 6.19. The zero-order chi connectivity index (χ0) is 13.0. The van der Waals surface area contributed by atoms with E-state index >= 15 is 0 Å². The molecule has 0 bridgehead atoms. The van der Waals surface area contributed by atoms with E-state index in [9.17, 15) is 4.79 Å². The fourth-order valence-electron chi connectivity index (χ4n) is 1.71. The Labute approximate surface area is 110 Å². The number of nitrogens with one attached hydrogen (secondary N) is 1. The van der Waals surface area contributed by atoms with Crippen molar-refractivity contribution in [3.8, 4) is 0 Å². The molecule has 0 saturated carbocycles. The third-order valence-electron chi connectivity index (χ3n) is 2.53. The van der Waals surface area contributed by atoms with Gasteiger partial charge in [-0.2, -0.15) is 0 Å². The molecule has 98 valence electrons. The van der Waals surface area contributed by atoms with Crippen LogP contribution in [0.3, 0.4) is 0 Å². The molecule has 1 aromatic heterocycles. The smallest absolute Gasteiger partial charge is 0.239 e. The normalized spacial score (nSPS) is 15.7. The van der Waals surface area contributed by atoms with Gasteiger partial charge in [0.05, 0.1) is 6.54 Å². The fraction of sp³-hybridized carbons (Fsp3) is 0.545. The maximum atomic E-state index is 11.3. The minimum absolute atomic E-state index is 0.0117. The minimum Gasteiger partial charge on any atom is -0.374 e. The van der Waals surface area contributed by atoms with Crippen LogP contribution in [0.25, 0.3) is 0 Å². The van der Waals surface area contributed by atoms with Crippen molar-refractivity contribution in [2.24, 2.45) is 0 Å². The van der Waals surface area contributed by atoms with Gasteiger partial charge in [-0.3, -0.25) is 4.79 Å². The summed E-state index contributed by atoms with van der Waals surface area (Å²) in [5.41, 5.74) is 0. The van der Waals surface area contributed by atoms with Crippen molar-refractivity contribution in [1.82, 2.24) is 15.3 Å². The van der Waals surface area contributed by atoms with Gasteiger partial charge in [-0.05, 0) is 6.92 Å². The lowest BCUT2D eigenvalue weighted by Crippen LogP contribution is -2.48. The van der Waals surface area contributed by atoms with Gasteiger partial charge in [0.25, 0.3) is 0 Å². The van der Waals surface area contributed by atoms with Gasteiger partial charge in [0, 0.05) is 25.8 Å². The Hall–Kier alpha value is -1.40. The van der Waals surface area contributed by atoms with Crippen molar-refractivity contribution in [3.63, 3.8) is 0 Å². The number of piperazine rings is 1. The Morgan fingerprint density at radius 1 is 1.56 bits per heavy atom. The summed E-state index contributed by atoms with van der Waals surface area (Å²) in [6.45, 7) is 4.44. The van der Waals surface area contributed by atoms with Crippen molar-refractivity contribution >= 4 is 23.3 Å². The van der Waals surface area contributed by atoms with Crippen molar-refractivity contribution in [3.05, 3.63) is 17.0 Å². The molecular formula is C11H15ClN4O2. The van der Waals surface area contributed by atoms with E-state index in [4.69, 9.17) is 16.3 Å². The molecule has 0 aliphatic carbocycles. The maximum absolute atomic E-state index is 11.3. The molecule has 0 aromatic carbocycles. The van der Waals surface area contributed by atoms with E-state index < -0.39 is 0 Å². The third-order valence-corrected chi connectivity index (χ3v) is 2.72. The Morgan fingerprint density at radius 2 is 2.39 bits per heavy atom. The number of anilines is 1. The van der Waals surface area contributed by atoms with Crippen LogP contribution in [-0.2, 0) is 16.1 Å². The Kier molecular flexibility index (Phi) is 4.33. The second kappa shape index (κ2) is 5.97. The number of carbonyl (C=O) groups excluding carboxylic acids is 1. The van der Waals surface area contributed by atoms with E-state index in [1.165, 1.54) is 0 Å². The first kappa shape index (κ1) is 13.0. The monoisotopic (exact) mass is 270 g/mol. The first-order valence-electron chi connectivity index (χ1n) is 5.82. The molecule has 1 fully saturated rings. The fourth-order valence-corrected chi connectivity index (χ4v) is 1.90. The molecule has 6 nitrogen and oxygen atoms in total. The topological polar surface area (TPSA) is 67.3 Å². The average Bonchev–Trinajstić information content (AvgIpc) is 2.36. The number of hydrogen-bond donors (Lipinski definition) is 1. The summed E-state index contributed by atoms with van der Waals surface area (Å²) in [4.78, 5) is 21.7. The molecule has 2 heterocycles. The summed E-state index contributed by atoms with van der Waals surface area (Å²) in [6, 6.07) is 1.66. The molecule has 1 amide bonds. The molecule has 7 heteroatoms. The minimum atomic E-state index is -0.0117. The Morgan fingerprint density at radius 3 is 3.11 bits per heavy atom. The van der Waals surface area contributed by atoms with E-state index in [0.29, 0.717) is 49.6 Å². The van der Waals surface area contributed by atoms with Crippen LogP contribution in [-0.4, -0.2) is 42.1 Å². The van der Waals surface area contributed by atoms with E-state index in [2.05, 4.69) is 15.3 Å². The zero-order valence-corrected chi connectivity index (χ0v) is 10.9. The highest BCUT2D eigenvalue weighted by Gasteiger charge is 2.18. The van der Waals surface area contributed by atoms with Crippen LogP contribution in [0.15, 0.2) is 6.07 Å². The van der Waals surface area contributed by atoms with Crippen LogP contribution in [0.4, 0.5) is 5.82 Å². The molecule has 1 aromatic rings. The number of rotatable bonds is 4. The number of aromatic nitrogens is 2. The SMILES string of the molecule is CCOCc1nc(Cl)cc(N2CCNC(=O)C2)n1. The molecular weight excluding hydrogens is 256 g/mol. The van der Waals surface area contributed by atoms with Crippen LogP contribution in [0, 0.1) is 0 Å². The van der Waals surface area contributed by atoms with Gasteiger partial charge in [0.15, 0.2) is 5.82 Å². The lowest BCUT2D eigenvalue weighted by Gasteiger charge is -2.27. The summed E-state index contributed by atoms with van der Waals surface area (Å²) >= 11 is 5.95. The first-order chi connectivity index (χ1) is 8.69. The summed E-state index contributed by atoms with van der Waals surface area (Å²) in [5.74, 6) is 1.19. The molecule has 0 unspecified atom stereocenters. The lowest BCUT2D eigenvalue weighted by atomic mass is 10.3. The lowest BCUT2D eigenvalue weighted by molar-refractivity contribution is -0.120. The quantitative estimate of drug-likeness (QED) is 0.812. The summed E-state index contributed by atoms with van der Waals surface area (Å²) in [6.07, 6.45) is 0. The largest absolute Gasteiger partial charge is 0.374 e. The van der Waals surface area contributed by atoms with Crippen LogP contribution >= 0.6 is 11.6 Å². The highest BCUT2D eigenvalue weighted by atomic mass is 35.5. The molecule has 0 radical (unpaired) electrons. The van der Waals surface area contributed by atoms with Gasteiger partial charge in [-0.15, -0.1) is 0 Å². The van der Waals surface area contributed by atoms with Crippen molar-refractivity contribution < 1.29 is 9.53 Å². The Balaban J connectivity index is 2.16. The van der Waals surface area contributed by atoms with Gasteiger partial charge in [-0.25, -0.2) is 9.97 Å². The van der Waals surface area contributed by atoms with E-state index in [-0.39, 0.29) is 5.91 Å². The predicted octanol–water partition coefficient (Wildman–Crippen LogP) is 0.603. The number of halogens is 1. The van der Waals surface area contributed by atoms with Gasteiger partial charge < -0.3 is 15.0 Å². The van der Waals surface area contributed by atoms with Gasteiger partial charge >= 0.3 is 0 Å². The highest BCUT2D eigenvalue weighted by Crippen LogP contribution is 2.17. The van der Waals surface area contributed by atoms with Crippen LogP contribution in [0.1, 0.15) is 12.7 Å². The molecule has 18 heavy (non-hydrogen) atoms. The van der Waals surface area contributed by atoms with E-state index in [1.54, 1.807) is 6.07 Å². The second-order valence-electron chi connectivity index (χ2n) is 3.87. The molecule has 0 spiro atoms. The molecule has 1 aliphatic rings. The van der Waals surface area contributed by atoms with Crippen molar-refractivity contribution in [2.45, 2.75) is 13.5 Å². The summed E-state index contributed by atoms with van der Waals surface area (Å²) in [5, 5.41) is 3.13. The van der Waals surface area contributed by atoms with E-state index in [0.717, 1.165) is 0 Å². The molecule has 2 rings (SSSR count). The van der Waals surface area contributed by atoms with Crippen LogP contribution in [0.2, 0.25) is 5.15 Å². The second-order valence-corrected chi connectivity index (χ2v) is 4.26. The van der Waals surface area contributed by atoms with Crippen LogP contribution < -0.4 is 10.2 Å². The standard InChI is InChI=1S/C11H15ClN4O2/c1-2-18-7-9-14-8(12)5-10(15-9)16-4-3-13-11(17)6-16/h5H,2-4,6-7H2,1H3,(H,13,17). The maximum Gasteiger partial charge on any atom is 0.239 e. The molecule has 0 atom stereocenters.